The second kappa shape index (κ2) is 4.73. The van der Waals surface area contributed by atoms with Gasteiger partial charge in [0.1, 0.15) is 5.82 Å². The molecule has 1 aromatic rings. The summed E-state index contributed by atoms with van der Waals surface area (Å²) in [7, 11) is 0. The molecule has 1 rings (SSSR count). The number of benzene rings is 1. The van der Waals surface area contributed by atoms with Crippen molar-refractivity contribution >= 4 is 0 Å². The molecule has 74 valence electrons. The molecule has 3 heteroatoms. The Bertz CT molecular complexity index is 355. The minimum atomic E-state index is -0.384. The molecule has 0 aliphatic rings. The van der Waals surface area contributed by atoms with Crippen molar-refractivity contribution in [3.05, 3.63) is 35.1 Å². The molecule has 0 bridgehead atoms. The van der Waals surface area contributed by atoms with Gasteiger partial charge in [0.2, 0.25) is 0 Å². The van der Waals surface area contributed by atoms with E-state index in [2.05, 4.69) is 0 Å². The smallest absolute Gasteiger partial charge is 0.129 e. The second-order valence-electron chi connectivity index (χ2n) is 3.21. The van der Waals surface area contributed by atoms with Crippen LogP contribution in [-0.4, -0.2) is 0 Å². The van der Waals surface area contributed by atoms with E-state index in [-0.39, 0.29) is 11.9 Å². The Morgan fingerprint density at radius 3 is 2.86 bits per heavy atom. The summed E-state index contributed by atoms with van der Waals surface area (Å²) in [5, 5.41) is 8.79. The number of hydrogen-bond donors (Lipinski definition) is 1. The van der Waals surface area contributed by atoms with Crippen molar-refractivity contribution in [2.75, 3.05) is 0 Å². The Morgan fingerprint density at radius 2 is 2.29 bits per heavy atom. The normalized spacial score (nSPS) is 12.1. The van der Waals surface area contributed by atoms with Crippen molar-refractivity contribution in [3.63, 3.8) is 0 Å². The maximum absolute atomic E-state index is 13.4. The molecule has 0 heterocycles. The first-order valence-electron chi connectivity index (χ1n) is 4.64. The monoisotopic (exact) mass is 192 g/mol. The maximum Gasteiger partial charge on any atom is 0.129 e. The highest BCUT2D eigenvalue weighted by Gasteiger charge is 2.14. The number of nitriles is 1. The van der Waals surface area contributed by atoms with Crippen molar-refractivity contribution < 1.29 is 4.39 Å². The summed E-state index contributed by atoms with van der Waals surface area (Å²) in [6.45, 7) is 1.98. The van der Waals surface area contributed by atoms with Gasteiger partial charge in [-0.25, -0.2) is 4.39 Å². The number of nitrogens with zero attached hydrogens (tertiary/aromatic N) is 1. The molecule has 0 saturated heterocycles. The van der Waals surface area contributed by atoms with Gasteiger partial charge in [-0.05, 0) is 18.6 Å². The molecule has 2 nitrogen and oxygen atoms in total. The van der Waals surface area contributed by atoms with Gasteiger partial charge in [-0.15, -0.1) is 0 Å². The zero-order valence-electron chi connectivity index (χ0n) is 8.13. The van der Waals surface area contributed by atoms with E-state index in [1.807, 2.05) is 13.0 Å². The first-order chi connectivity index (χ1) is 6.70. The van der Waals surface area contributed by atoms with Crippen molar-refractivity contribution in [3.8, 4) is 6.07 Å². The van der Waals surface area contributed by atoms with Crippen molar-refractivity contribution in [1.29, 1.82) is 5.26 Å². The summed E-state index contributed by atoms with van der Waals surface area (Å²) in [6, 6.07) is 6.03. The van der Waals surface area contributed by atoms with E-state index in [0.29, 0.717) is 17.5 Å². The Hall–Kier alpha value is -1.40. The molecular formula is C11H13FN2. The molecule has 0 saturated carbocycles. The molecule has 0 amide bonds. The third kappa shape index (κ3) is 2.09. The van der Waals surface area contributed by atoms with Crippen LogP contribution < -0.4 is 5.73 Å². The summed E-state index contributed by atoms with van der Waals surface area (Å²) in [6.07, 6.45) is 1.57. The molecule has 0 aromatic heterocycles. The molecular weight excluding hydrogens is 179 g/mol. The van der Waals surface area contributed by atoms with Gasteiger partial charge in [-0.2, -0.15) is 5.26 Å². The molecule has 0 fully saturated rings. The van der Waals surface area contributed by atoms with Gasteiger partial charge < -0.3 is 5.73 Å². The zero-order valence-corrected chi connectivity index (χ0v) is 8.13. The summed E-state index contributed by atoms with van der Waals surface area (Å²) in [5.41, 5.74) is 6.47. The van der Waals surface area contributed by atoms with Gasteiger partial charge in [0, 0.05) is 11.6 Å². The van der Waals surface area contributed by atoms with E-state index in [9.17, 15) is 4.39 Å². The Kier molecular flexibility index (Phi) is 3.61. The first-order valence-corrected chi connectivity index (χ1v) is 4.64. The average molecular weight is 192 g/mol. The van der Waals surface area contributed by atoms with Gasteiger partial charge in [0.15, 0.2) is 0 Å². The summed E-state index contributed by atoms with van der Waals surface area (Å²) in [4.78, 5) is 0. The van der Waals surface area contributed by atoms with Gasteiger partial charge in [0.25, 0.3) is 0 Å². The average Bonchev–Trinajstić information content (AvgIpc) is 2.17. The minimum Gasteiger partial charge on any atom is -0.324 e. The maximum atomic E-state index is 13.4. The molecule has 1 unspecified atom stereocenters. The standard InChI is InChI=1S/C11H13FN2/c1-2-4-10(14)11-8(7-13)5-3-6-9(11)12/h3,5-6,10H,2,4,14H2,1H3. The first kappa shape index (κ1) is 10.7. The van der Waals surface area contributed by atoms with E-state index in [1.165, 1.54) is 12.1 Å². The lowest BCUT2D eigenvalue weighted by molar-refractivity contribution is 0.558. The van der Waals surface area contributed by atoms with Crippen LogP contribution in [-0.2, 0) is 0 Å². The molecule has 1 atom stereocenters. The van der Waals surface area contributed by atoms with Crippen LogP contribution in [0, 0.1) is 17.1 Å². The summed E-state index contributed by atoms with van der Waals surface area (Å²) >= 11 is 0. The van der Waals surface area contributed by atoms with Gasteiger partial charge in [-0.1, -0.05) is 19.4 Å². The highest BCUT2D eigenvalue weighted by atomic mass is 19.1. The van der Waals surface area contributed by atoms with E-state index in [4.69, 9.17) is 11.0 Å². The molecule has 0 radical (unpaired) electrons. The summed E-state index contributed by atoms with van der Waals surface area (Å²) in [5.74, 6) is -0.384. The van der Waals surface area contributed by atoms with Crippen LogP contribution in [0.2, 0.25) is 0 Å². The third-order valence-electron chi connectivity index (χ3n) is 2.14. The second-order valence-corrected chi connectivity index (χ2v) is 3.21. The van der Waals surface area contributed by atoms with Crippen molar-refractivity contribution in [2.24, 2.45) is 5.73 Å². The van der Waals surface area contributed by atoms with Crippen LogP contribution in [0.25, 0.3) is 0 Å². The Labute approximate surface area is 83.2 Å². The minimum absolute atomic E-state index is 0.339. The lowest BCUT2D eigenvalue weighted by atomic mass is 9.98. The predicted molar refractivity (Wildman–Crippen MR) is 53.0 cm³/mol. The highest BCUT2D eigenvalue weighted by molar-refractivity contribution is 5.40. The molecule has 1 aromatic carbocycles. The fourth-order valence-corrected chi connectivity index (χ4v) is 1.47. The number of hydrogen-bond acceptors (Lipinski definition) is 2. The quantitative estimate of drug-likeness (QED) is 0.799. The predicted octanol–water partition coefficient (Wildman–Crippen LogP) is 2.50. The molecule has 14 heavy (non-hydrogen) atoms. The Balaban J connectivity index is 3.11. The SMILES string of the molecule is CCCC(N)c1c(F)cccc1C#N. The van der Waals surface area contributed by atoms with Gasteiger partial charge in [-0.3, -0.25) is 0 Å². The van der Waals surface area contributed by atoms with Crippen molar-refractivity contribution in [1.82, 2.24) is 0 Å². The van der Waals surface area contributed by atoms with Gasteiger partial charge >= 0.3 is 0 Å². The molecule has 0 aliphatic carbocycles. The number of nitrogens with two attached hydrogens (primary N) is 1. The van der Waals surface area contributed by atoms with Crippen LogP contribution in [0.1, 0.15) is 36.9 Å². The fourth-order valence-electron chi connectivity index (χ4n) is 1.47. The molecule has 2 N–H and O–H groups in total. The zero-order chi connectivity index (χ0) is 10.6. The van der Waals surface area contributed by atoms with Crippen molar-refractivity contribution in [2.45, 2.75) is 25.8 Å². The third-order valence-corrected chi connectivity index (χ3v) is 2.14. The molecule has 0 spiro atoms. The molecule has 0 aliphatic heterocycles. The highest BCUT2D eigenvalue weighted by Crippen LogP contribution is 2.22. The van der Waals surface area contributed by atoms with E-state index < -0.39 is 0 Å². The lowest BCUT2D eigenvalue weighted by Crippen LogP contribution is -2.13. The van der Waals surface area contributed by atoms with E-state index >= 15 is 0 Å². The fraction of sp³-hybridized carbons (Fsp3) is 0.364. The summed E-state index contributed by atoms with van der Waals surface area (Å²) < 4.78 is 13.4. The van der Waals surface area contributed by atoms with Crippen LogP contribution in [0.4, 0.5) is 4.39 Å². The Morgan fingerprint density at radius 1 is 1.57 bits per heavy atom. The largest absolute Gasteiger partial charge is 0.324 e. The van der Waals surface area contributed by atoms with Gasteiger partial charge in [0.05, 0.1) is 11.6 Å². The van der Waals surface area contributed by atoms with Crippen LogP contribution >= 0.6 is 0 Å². The van der Waals surface area contributed by atoms with Crippen LogP contribution in [0.15, 0.2) is 18.2 Å². The van der Waals surface area contributed by atoms with Crippen LogP contribution in [0.5, 0.6) is 0 Å². The van der Waals surface area contributed by atoms with E-state index in [1.54, 1.807) is 6.07 Å². The number of rotatable bonds is 3. The number of halogens is 1. The van der Waals surface area contributed by atoms with E-state index in [0.717, 1.165) is 6.42 Å². The topological polar surface area (TPSA) is 49.8 Å². The van der Waals surface area contributed by atoms with Crippen LogP contribution in [0.3, 0.4) is 0 Å². The lowest BCUT2D eigenvalue weighted by Gasteiger charge is -2.12.